The lowest BCUT2D eigenvalue weighted by Crippen LogP contribution is -2.36. The maximum Gasteiger partial charge on any atom is 0.472 e. The monoisotopic (exact) mass is 678 g/mol. The predicted molar refractivity (Wildman–Crippen MR) is 147 cm³/mol. The number of phosphoric ester groups is 2. The van der Waals surface area contributed by atoms with Crippen LogP contribution in [0.5, 0.6) is 0 Å². The molecule has 0 spiro atoms. The lowest BCUT2D eigenvalue weighted by Gasteiger charge is -2.24. The quantitative estimate of drug-likeness (QED) is 0.0974. The normalized spacial score (nSPS) is 27.4. The van der Waals surface area contributed by atoms with Crippen LogP contribution in [-0.2, 0) is 32.2 Å². The number of aliphatic hydroxyl groups excluding tert-OH is 1. The van der Waals surface area contributed by atoms with Gasteiger partial charge in [-0.3, -0.25) is 27.9 Å². The second kappa shape index (κ2) is 11.8. The second-order valence-electron chi connectivity index (χ2n) is 9.87. The number of aliphatic hydroxyl groups is 1. The fraction of sp³-hybridized carbons (Fsp3) is 0.476. The number of H-pyrrole nitrogens is 1. The average molecular weight is 679 g/mol. The minimum absolute atomic E-state index is 0.0622. The Morgan fingerprint density at radius 1 is 1.09 bits per heavy atom. The van der Waals surface area contributed by atoms with Gasteiger partial charge in [-0.25, -0.2) is 24.1 Å². The average Bonchev–Trinajstić information content (AvgIpc) is 3.73. The number of aromatic amines is 1. The summed E-state index contributed by atoms with van der Waals surface area (Å²) < 4.78 is 53.9. The molecule has 0 bridgehead atoms. The van der Waals surface area contributed by atoms with Crippen molar-refractivity contribution in [3.8, 4) is 0 Å². The topological polar surface area (TPSA) is 282 Å². The van der Waals surface area contributed by atoms with Gasteiger partial charge in [0.2, 0.25) is 5.95 Å². The summed E-state index contributed by atoms with van der Waals surface area (Å²) in [6.45, 7) is -1.23. The molecule has 2 unspecified atom stereocenters. The van der Waals surface area contributed by atoms with Gasteiger partial charge in [0.05, 0.1) is 31.0 Å². The molecule has 7 N–H and O–H groups in total. The van der Waals surface area contributed by atoms with Crippen molar-refractivity contribution in [2.45, 2.75) is 49.7 Å². The molecule has 0 radical (unpaired) electrons. The number of rotatable bonds is 10. The molecule has 6 heterocycles. The first-order chi connectivity index (χ1) is 20.8. The molecule has 0 aromatic carbocycles. The van der Waals surface area contributed by atoms with Crippen LogP contribution < -0.4 is 11.3 Å². The molecular weight excluding hydrogens is 654 g/mol. The summed E-state index contributed by atoms with van der Waals surface area (Å²) in [4.78, 5) is 59.5. The standard InChI is InChI=1S/C21H25ClN8O12P2/c22-16-10-3-4-29(17(10)25-7-24-16)20-14(31)15(11(41-20)6-38-43(33,34)35)42-44(36,37)39-5-9-1-2-12(40-9)30-8-26-13-18(30)27-21(23)28-19(13)32/h3-4,7-9,11-12,14-15,20,31H,1-2,5-6H2,(H,36,37)(H2,33,34,35)(H3,23,27,28,32)/t9-,11+,12+,14+,15?,20+/m0/s1. The summed E-state index contributed by atoms with van der Waals surface area (Å²) in [6.07, 6.45) is -2.57. The van der Waals surface area contributed by atoms with E-state index < -0.39 is 71.3 Å². The summed E-state index contributed by atoms with van der Waals surface area (Å²) >= 11 is 6.10. The fourth-order valence-corrected chi connectivity index (χ4v) is 6.57. The van der Waals surface area contributed by atoms with Crippen LogP contribution in [0.3, 0.4) is 0 Å². The molecular formula is C21H25ClN8O12P2. The highest BCUT2D eigenvalue weighted by Crippen LogP contribution is 2.50. The SMILES string of the molecule is Nc1nc2c(ncn2[C@H]2CC[C@@H](COP(=O)(O)OC3[C@@H](O)[C@H](n4ccc5c(Cl)ncnc54)O[C@@H]3COP(=O)(O)O)O2)c(=O)[nH]1. The first-order valence-corrected chi connectivity index (χ1v) is 16.2. The number of halogens is 1. The van der Waals surface area contributed by atoms with Crippen molar-refractivity contribution in [2.24, 2.45) is 0 Å². The van der Waals surface area contributed by atoms with E-state index in [1.165, 1.54) is 28.0 Å². The molecule has 4 aromatic rings. The van der Waals surface area contributed by atoms with Gasteiger partial charge in [-0.05, 0) is 18.9 Å². The Hall–Kier alpha value is -2.84. The zero-order chi connectivity index (χ0) is 31.4. The molecule has 0 saturated carbocycles. The summed E-state index contributed by atoms with van der Waals surface area (Å²) in [5.74, 6) is -0.104. The van der Waals surface area contributed by atoms with Crippen molar-refractivity contribution in [1.29, 1.82) is 0 Å². The molecule has 7 atom stereocenters. The third-order valence-corrected chi connectivity index (χ3v) is 8.75. The van der Waals surface area contributed by atoms with Crippen LogP contribution in [0.15, 0.2) is 29.7 Å². The minimum atomic E-state index is -4.99. The lowest BCUT2D eigenvalue weighted by atomic mass is 10.1. The van der Waals surface area contributed by atoms with Gasteiger partial charge >= 0.3 is 15.6 Å². The van der Waals surface area contributed by atoms with Crippen LogP contribution in [0, 0.1) is 0 Å². The Morgan fingerprint density at radius 3 is 2.66 bits per heavy atom. The highest BCUT2D eigenvalue weighted by atomic mass is 35.5. The number of anilines is 1. The number of fused-ring (bicyclic) bond motifs is 2. The van der Waals surface area contributed by atoms with Gasteiger partial charge in [0, 0.05) is 6.20 Å². The zero-order valence-corrected chi connectivity index (χ0v) is 24.7. The van der Waals surface area contributed by atoms with Crippen LogP contribution >= 0.6 is 27.2 Å². The molecule has 0 amide bonds. The number of nitrogen functional groups attached to an aromatic ring is 1. The van der Waals surface area contributed by atoms with Gasteiger partial charge in [0.1, 0.15) is 41.7 Å². The number of imidazole rings is 1. The van der Waals surface area contributed by atoms with Gasteiger partial charge in [-0.2, -0.15) is 4.98 Å². The van der Waals surface area contributed by atoms with Crippen LogP contribution in [0.25, 0.3) is 22.2 Å². The molecule has 2 aliphatic heterocycles. The van der Waals surface area contributed by atoms with E-state index in [9.17, 15) is 33.7 Å². The second-order valence-corrected chi connectivity index (χ2v) is 12.9. The fourth-order valence-electron chi connectivity index (χ4n) is 5.06. The molecule has 0 aliphatic carbocycles. The predicted octanol–water partition coefficient (Wildman–Crippen LogP) is 0.347. The summed E-state index contributed by atoms with van der Waals surface area (Å²) in [6, 6.07) is 1.55. The van der Waals surface area contributed by atoms with E-state index in [1.807, 2.05) is 0 Å². The Kier molecular flexibility index (Phi) is 8.37. The van der Waals surface area contributed by atoms with Gasteiger partial charge in [-0.15, -0.1) is 0 Å². The van der Waals surface area contributed by atoms with E-state index in [4.69, 9.17) is 35.9 Å². The van der Waals surface area contributed by atoms with E-state index in [0.29, 0.717) is 18.2 Å². The van der Waals surface area contributed by atoms with Crippen molar-refractivity contribution in [2.75, 3.05) is 18.9 Å². The van der Waals surface area contributed by atoms with Gasteiger partial charge in [-0.1, -0.05) is 11.6 Å². The summed E-state index contributed by atoms with van der Waals surface area (Å²) in [5, 5.41) is 11.6. The third kappa shape index (κ3) is 6.30. The number of aromatic nitrogens is 7. The van der Waals surface area contributed by atoms with Crippen molar-refractivity contribution >= 4 is 55.4 Å². The van der Waals surface area contributed by atoms with Crippen LogP contribution in [0.2, 0.25) is 5.15 Å². The molecule has 2 fully saturated rings. The molecule has 2 saturated heterocycles. The number of phosphoric acid groups is 2. The van der Waals surface area contributed by atoms with Gasteiger partial charge < -0.3 is 39.6 Å². The van der Waals surface area contributed by atoms with Gasteiger partial charge in [0.15, 0.2) is 17.4 Å². The summed E-state index contributed by atoms with van der Waals surface area (Å²) in [7, 11) is -9.94. The Bertz CT molecular complexity index is 1850. The lowest BCUT2D eigenvalue weighted by molar-refractivity contribution is -0.0512. The first-order valence-electron chi connectivity index (χ1n) is 12.8. The number of nitrogens with one attached hydrogen (secondary N) is 1. The number of hydrogen-bond acceptors (Lipinski definition) is 14. The number of nitrogens with zero attached hydrogens (tertiary/aromatic N) is 6. The van der Waals surface area contributed by atoms with Crippen molar-refractivity contribution in [1.82, 2.24) is 34.1 Å². The Labute approximate surface area is 250 Å². The summed E-state index contributed by atoms with van der Waals surface area (Å²) in [5.41, 5.74) is 5.63. The minimum Gasteiger partial charge on any atom is -0.386 e. The molecule has 2 aliphatic rings. The third-order valence-electron chi connectivity index (χ3n) is 6.98. The van der Waals surface area contributed by atoms with Gasteiger partial charge in [0.25, 0.3) is 5.56 Å². The van der Waals surface area contributed by atoms with E-state index in [2.05, 4.69) is 29.4 Å². The van der Waals surface area contributed by atoms with Crippen molar-refractivity contribution in [3.05, 3.63) is 40.4 Å². The molecule has 20 nitrogen and oxygen atoms in total. The van der Waals surface area contributed by atoms with Crippen molar-refractivity contribution < 1.29 is 52.0 Å². The first kappa shape index (κ1) is 31.2. The smallest absolute Gasteiger partial charge is 0.386 e. The van der Waals surface area contributed by atoms with Crippen LogP contribution in [-0.4, -0.2) is 91.5 Å². The maximum absolute atomic E-state index is 13.0. The van der Waals surface area contributed by atoms with E-state index in [0.717, 1.165) is 0 Å². The van der Waals surface area contributed by atoms with Crippen molar-refractivity contribution in [3.63, 3.8) is 0 Å². The molecule has 44 heavy (non-hydrogen) atoms. The van der Waals surface area contributed by atoms with E-state index in [-0.39, 0.29) is 27.9 Å². The number of hydrogen-bond donors (Lipinski definition) is 6. The zero-order valence-electron chi connectivity index (χ0n) is 22.2. The highest BCUT2D eigenvalue weighted by Gasteiger charge is 2.50. The number of nitrogens with two attached hydrogens (primary N) is 1. The Balaban J connectivity index is 1.14. The Morgan fingerprint density at radius 2 is 1.89 bits per heavy atom. The maximum atomic E-state index is 13.0. The van der Waals surface area contributed by atoms with Crippen LogP contribution in [0.4, 0.5) is 5.95 Å². The highest BCUT2D eigenvalue weighted by molar-refractivity contribution is 7.47. The molecule has 4 aromatic heterocycles. The van der Waals surface area contributed by atoms with E-state index >= 15 is 0 Å². The largest absolute Gasteiger partial charge is 0.472 e. The van der Waals surface area contributed by atoms with E-state index in [1.54, 1.807) is 6.07 Å². The molecule has 23 heteroatoms. The number of ether oxygens (including phenoxy) is 2. The molecule has 6 rings (SSSR count). The van der Waals surface area contributed by atoms with Crippen LogP contribution in [0.1, 0.15) is 25.3 Å². The molecule has 238 valence electrons.